The molecule has 0 radical (unpaired) electrons. The summed E-state index contributed by atoms with van der Waals surface area (Å²) in [5, 5.41) is 3.55. The van der Waals surface area contributed by atoms with Crippen LogP contribution in [-0.2, 0) is 10.0 Å². The topological polar surface area (TPSA) is 58.2 Å². The normalized spacial score (nSPS) is 23.9. The van der Waals surface area contributed by atoms with E-state index in [1.165, 1.54) is 32.1 Å². The number of nitrogens with one attached hydrogen (secondary N) is 2. The first kappa shape index (κ1) is 15.2. The van der Waals surface area contributed by atoms with Gasteiger partial charge in [0.05, 0.1) is 6.26 Å². The van der Waals surface area contributed by atoms with Crippen LogP contribution < -0.4 is 10.0 Å². The standard InChI is InChI=1S/C15H24N2O2S/c1-12-4-3-5-13(7-6-12)16-14-8-10-15(11-9-14)17-20(2,18)19/h8-13,16-17H,3-7H2,1-2H3. The number of benzene rings is 1. The maximum atomic E-state index is 11.1. The third kappa shape index (κ3) is 5.04. The first-order valence-corrected chi connectivity index (χ1v) is 9.16. The SMILES string of the molecule is CC1CCCC(Nc2ccc(NS(C)(=O)=O)cc2)CC1. The highest BCUT2D eigenvalue weighted by molar-refractivity contribution is 7.92. The molecule has 5 heteroatoms. The predicted octanol–water partition coefficient (Wildman–Crippen LogP) is 3.44. The summed E-state index contributed by atoms with van der Waals surface area (Å²) in [4.78, 5) is 0. The van der Waals surface area contributed by atoms with Gasteiger partial charge < -0.3 is 5.32 Å². The summed E-state index contributed by atoms with van der Waals surface area (Å²) in [5.74, 6) is 0.836. The number of rotatable bonds is 4. The van der Waals surface area contributed by atoms with E-state index in [1.54, 1.807) is 12.1 Å². The molecule has 0 aromatic heterocycles. The Balaban J connectivity index is 1.93. The van der Waals surface area contributed by atoms with Crippen molar-refractivity contribution < 1.29 is 8.42 Å². The molecular weight excluding hydrogens is 272 g/mol. The van der Waals surface area contributed by atoms with Gasteiger partial charge in [0.1, 0.15) is 0 Å². The molecule has 1 saturated carbocycles. The molecule has 1 aromatic rings. The van der Waals surface area contributed by atoms with Crippen molar-refractivity contribution in [1.29, 1.82) is 0 Å². The third-order valence-electron chi connectivity index (χ3n) is 3.82. The van der Waals surface area contributed by atoms with E-state index in [-0.39, 0.29) is 0 Å². The van der Waals surface area contributed by atoms with Crippen LogP contribution in [0.3, 0.4) is 0 Å². The first-order valence-electron chi connectivity index (χ1n) is 7.27. The van der Waals surface area contributed by atoms with Crippen LogP contribution in [0.5, 0.6) is 0 Å². The van der Waals surface area contributed by atoms with Gasteiger partial charge in [0.25, 0.3) is 0 Å². The average molecular weight is 296 g/mol. The van der Waals surface area contributed by atoms with E-state index in [0.717, 1.165) is 17.9 Å². The molecule has 0 spiro atoms. The number of anilines is 2. The van der Waals surface area contributed by atoms with Gasteiger partial charge in [0.15, 0.2) is 0 Å². The van der Waals surface area contributed by atoms with Gasteiger partial charge in [-0.25, -0.2) is 8.42 Å². The third-order valence-corrected chi connectivity index (χ3v) is 4.42. The largest absolute Gasteiger partial charge is 0.382 e. The van der Waals surface area contributed by atoms with Crippen LogP contribution in [0.1, 0.15) is 39.0 Å². The minimum Gasteiger partial charge on any atom is -0.382 e. The van der Waals surface area contributed by atoms with E-state index >= 15 is 0 Å². The van der Waals surface area contributed by atoms with Crippen LogP contribution in [0.15, 0.2) is 24.3 Å². The fourth-order valence-electron chi connectivity index (χ4n) is 2.72. The molecule has 2 atom stereocenters. The maximum Gasteiger partial charge on any atom is 0.229 e. The Hall–Kier alpha value is -1.23. The fraction of sp³-hybridized carbons (Fsp3) is 0.600. The molecule has 20 heavy (non-hydrogen) atoms. The van der Waals surface area contributed by atoms with E-state index in [2.05, 4.69) is 17.0 Å². The molecule has 4 nitrogen and oxygen atoms in total. The monoisotopic (exact) mass is 296 g/mol. The number of hydrogen-bond donors (Lipinski definition) is 2. The van der Waals surface area contributed by atoms with Gasteiger partial charge in [0.2, 0.25) is 10.0 Å². The van der Waals surface area contributed by atoms with Crippen LogP contribution in [-0.4, -0.2) is 20.7 Å². The van der Waals surface area contributed by atoms with Crippen molar-refractivity contribution in [3.63, 3.8) is 0 Å². The molecule has 1 aliphatic rings. The van der Waals surface area contributed by atoms with Gasteiger partial charge in [-0.05, 0) is 49.4 Å². The van der Waals surface area contributed by atoms with Gasteiger partial charge in [-0.1, -0.05) is 19.8 Å². The summed E-state index contributed by atoms with van der Waals surface area (Å²) < 4.78 is 24.8. The van der Waals surface area contributed by atoms with Crippen LogP contribution in [0.25, 0.3) is 0 Å². The molecule has 0 bridgehead atoms. The van der Waals surface area contributed by atoms with Gasteiger partial charge in [-0.2, -0.15) is 0 Å². The quantitative estimate of drug-likeness (QED) is 0.837. The fourth-order valence-corrected chi connectivity index (χ4v) is 3.28. The second-order valence-corrected chi connectivity index (χ2v) is 7.65. The summed E-state index contributed by atoms with van der Waals surface area (Å²) in [7, 11) is -3.20. The van der Waals surface area contributed by atoms with Crippen molar-refractivity contribution >= 4 is 21.4 Å². The van der Waals surface area contributed by atoms with Crippen LogP contribution in [0.4, 0.5) is 11.4 Å². The van der Waals surface area contributed by atoms with Crippen LogP contribution >= 0.6 is 0 Å². The van der Waals surface area contributed by atoms with E-state index in [9.17, 15) is 8.42 Å². The molecule has 1 aromatic carbocycles. The Morgan fingerprint density at radius 2 is 1.65 bits per heavy atom. The lowest BCUT2D eigenvalue weighted by Gasteiger charge is -2.18. The maximum absolute atomic E-state index is 11.1. The lowest BCUT2D eigenvalue weighted by Crippen LogP contribution is -2.18. The average Bonchev–Trinajstić information content (AvgIpc) is 2.55. The van der Waals surface area contributed by atoms with Crippen molar-refractivity contribution in [2.75, 3.05) is 16.3 Å². The van der Waals surface area contributed by atoms with Gasteiger partial charge >= 0.3 is 0 Å². The van der Waals surface area contributed by atoms with Gasteiger partial charge in [-0.15, -0.1) is 0 Å². The Bertz CT molecular complexity index is 525. The second-order valence-electron chi connectivity index (χ2n) is 5.91. The molecule has 2 N–H and O–H groups in total. The molecule has 0 aliphatic heterocycles. The van der Waals surface area contributed by atoms with Crippen molar-refractivity contribution in [1.82, 2.24) is 0 Å². The van der Waals surface area contributed by atoms with E-state index in [4.69, 9.17) is 0 Å². The predicted molar refractivity (Wildman–Crippen MR) is 84.6 cm³/mol. The smallest absolute Gasteiger partial charge is 0.229 e. The Kier molecular flexibility index (Phi) is 4.91. The second kappa shape index (κ2) is 6.48. The molecule has 0 heterocycles. The van der Waals surface area contributed by atoms with Crippen molar-refractivity contribution in [3.05, 3.63) is 24.3 Å². The summed E-state index contributed by atoms with van der Waals surface area (Å²) in [6.07, 6.45) is 7.48. The van der Waals surface area contributed by atoms with Crippen molar-refractivity contribution in [2.24, 2.45) is 5.92 Å². The van der Waals surface area contributed by atoms with Gasteiger partial charge in [-0.3, -0.25) is 4.72 Å². The highest BCUT2D eigenvalue weighted by atomic mass is 32.2. The number of hydrogen-bond acceptors (Lipinski definition) is 3. The zero-order valence-corrected chi connectivity index (χ0v) is 13.0. The van der Waals surface area contributed by atoms with Gasteiger partial charge in [0, 0.05) is 17.4 Å². The van der Waals surface area contributed by atoms with Crippen LogP contribution in [0, 0.1) is 5.92 Å². The molecule has 2 rings (SSSR count). The molecular formula is C15H24N2O2S. The minimum atomic E-state index is -3.20. The summed E-state index contributed by atoms with van der Waals surface area (Å²) in [5.41, 5.74) is 1.66. The molecule has 1 aliphatic carbocycles. The van der Waals surface area contributed by atoms with E-state index in [1.807, 2.05) is 12.1 Å². The Morgan fingerprint density at radius 3 is 2.30 bits per heavy atom. The van der Waals surface area contributed by atoms with Crippen molar-refractivity contribution in [3.8, 4) is 0 Å². The lowest BCUT2D eigenvalue weighted by molar-refractivity contribution is 0.502. The highest BCUT2D eigenvalue weighted by Gasteiger charge is 2.15. The summed E-state index contributed by atoms with van der Waals surface area (Å²) >= 11 is 0. The summed E-state index contributed by atoms with van der Waals surface area (Å²) in [6.45, 7) is 2.33. The minimum absolute atomic E-state index is 0.536. The zero-order valence-electron chi connectivity index (χ0n) is 12.2. The Morgan fingerprint density at radius 1 is 1.00 bits per heavy atom. The zero-order chi connectivity index (χ0) is 14.6. The molecule has 0 saturated heterocycles. The molecule has 112 valence electrons. The van der Waals surface area contributed by atoms with E-state index in [0.29, 0.717) is 11.7 Å². The molecule has 1 fully saturated rings. The lowest BCUT2D eigenvalue weighted by atomic mass is 10.0. The Labute approximate surface area is 122 Å². The van der Waals surface area contributed by atoms with Crippen LogP contribution in [0.2, 0.25) is 0 Å². The highest BCUT2D eigenvalue weighted by Crippen LogP contribution is 2.25. The first-order chi connectivity index (χ1) is 9.42. The van der Waals surface area contributed by atoms with E-state index < -0.39 is 10.0 Å². The van der Waals surface area contributed by atoms with Crippen molar-refractivity contribution in [2.45, 2.75) is 45.1 Å². The summed E-state index contributed by atoms with van der Waals surface area (Å²) in [6, 6.07) is 7.99. The molecule has 2 unspecified atom stereocenters. The number of sulfonamides is 1. The molecule has 0 amide bonds.